The minimum absolute atomic E-state index is 0. The molecular formula is C10H9NaO8S2. The molecular weight excluding hydrogens is 335 g/mol. The molecule has 0 aliphatic rings. The predicted molar refractivity (Wildman–Crippen MR) is 74.1 cm³/mol. The molecule has 21 heavy (non-hydrogen) atoms. The average molecular weight is 344 g/mol. The summed E-state index contributed by atoms with van der Waals surface area (Å²) in [6, 6.07) is 3.69. The number of phenolic OH excluding ortho intramolecular Hbond substituents is 2. The molecule has 0 aromatic heterocycles. The van der Waals surface area contributed by atoms with Crippen molar-refractivity contribution in [2.24, 2.45) is 0 Å². The summed E-state index contributed by atoms with van der Waals surface area (Å²) in [6.07, 6.45) is 0. The van der Waals surface area contributed by atoms with E-state index in [4.69, 9.17) is 9.11 Å². The van der Waals surface area contributed by atoms with Crippen LogP contribution in [-0.4, -0.2) is 65.7 Å². The molecule has 0 fully saturated rings. The first-order chi connectivity index (χ1) is 9.01. The summed E-state index contributed by atoms with van der Waals surface area (Å²) in [5.74, 6) is -1.89. The summed E-state index contributed by atoms with van der Waals surface area (Å²) >= 11 is 0. The van der Waals surface area contributed by atoms with Gasteiger partial charge >= 0.3 is 29.6 Å². The summed E-state index contributed by atoms with van der Waals surface area (Å²) in [4.78, 5) is -1.51. The molecule has 110 valence electrons. The SMILES string of the molecule is O=S(=O)(O)c1ccc2c(O)c(O)c(S(=O)(=O)O)cc2c1.[NaH]. The summed E-state index contributed by atoms with van der Waals surface area (Å²) in [6.45, 7) is 0. The van der Waals surface area contributed by atoms with E-state index in [1.165, 1.54) is 0 Å². The zero-order valence-corrected chi connectivity index (χ0v) is 11.2. The Morgan fingerprint density at radius 1 is 0.810 bits per heavy atom. The van der Waals surface area contributed by atoms with E-state index < -0.39 is 41.5 Å². The van der Waals surface area contributed by atoms with Crippen molar-refractivity contribution in [1.29, 1.82) is 0 Å². The van der Waals surface area contributed by atoms with Crippen LogP contribution in [0.5, 0.6) is 11.5 Å². The van der Waals surface area contributed by atoms with Crippen LogP contribution in [0.15, 0.2) is 34.1 Å². The monoisotopic (exact) mass is 344 g/mol. The minimum atomic E-state index is -4.82. The number of rotatable bonds is 2. The van der Waals surface area contributed by atoms with Crippen LogP contribution in [0.3, 0.4) is 0 Å². The summed E-state index contributed by atoms with van der Waals surface area (Å²) < 4.78 is 61.9. The molecule has 0 amide bonds. The molecule has 0 unspecified atom stereocenters. The van der Waals surface area contributed by atoms with E-state index in [2.05, 4.69) is 0 Å². The van der Waals surface area contributed by atoms with E-state index >= 15 is 0 Å². The fourth-order valence-electron chi connectivity index (χ4n) is 1.69. The number of hydrogen-bond donors (Lipinski definition) is 4. The molecule has 0 saturated carbocycles. The van der Waals surface area contributed by atoms with Gasteiger partial charge in [-0.25, -0.2) is 0 Å². The third-order valence-electron chi connectivity index (χ3n) is 2.60. The van der Waals surface area contributed by atoms with Crippen molar-refractivity contribution in [2.75, 3.05) is 0 Å². The standard InChI is InChI=1S/C10H8O8S2.Na.H/c11-9-7-2-1-6(19(13,14)15)3-5(7)4-8(10(9)12)20(16,17)18;;/h1-4,11-12H,(H,13,14,15)(H,16,17,18);;. The molecule has 0 heterocycles. The second-order valence-corrected chi connectivity index (χ2v) is 6.72. The van der Waals surface area contributed by atoms with Crippen molar-refractivity contribution in [3.63, 3.8) is 0 Å². The molecule has 2 aromatic rings. The topological polar surface area (TPSA) is 149 Å². The Balaban J connectivity index is 0.00000220. The summed E-state index contributed by atoms with van der Waals surface area (Å²) in [5, 5.41) is 19.0. The molecule has 0 spiro atoms. The van der Waals surface area contributed by atoms with E-state index in [0.717, 1.165) is 24.3 Å². The molecule has 0 atom stereocenters. The van der Waals surface area contributed by atoms with Gasteiger partial charge in [0.2, 0.25) is 0 Å². The van der Waals surface area contributed by atoms with Gasteiger partial charge in [0.1, 0.15) is 4.90 Å². The zero-order chi connectivity index (χ0) is 15.3. The van der Waals surface area contributed by atoms with Crippen molar-refractivity contribution >= 4 is 60.6 Å². The second-order valence-electron chi connectivity index (χ2n) is 3.90. The van der Waals surface area contributed by atoms with Crippen molar-refractivity contribution < 1.29 is 36.2 Å². The fourth-order valence-corrected chi connectivity index (χ4v) is 2.82. The van der Waals surface area contributed by atoms with E-state index in [1.807, 2.05) is 0 Å². The number of aromatic hydroxyl groups is 2. The Labute approximate surface area is 141 Å². The molecule has 0 aliphatic carbocycles. The van der Waals surface area contributed by atoms with Gasteiger partial charge in [0.25, 0.3) is 20.2 Å². The average Bonchev–Trinajstić information content (AvgIpc) is 2.30. The second kappa shape index (κ2) is 5.72. The van der Waals surface area contributed by atoms with Gasteiger partial charge in [-0.3, -0.25) is 9.11 Å². The Kier molecular flexibility index (Phi) is 4.95. The summed E-state index contributed by atoms with van der Waals surface area (Å²) in [7, 11) is -9.34. The van der Waals surface area contributed by atoms with Crippen molar-refractivity contribution in [3.05, 3.63) is 24.3 Å². The number of fused-ring (bicyclic) bond motifs is 1. The van der Waals surface area contributed by atoms with Crippen molar-refractivity contribution in [1.82, 2.24) is 0 Å². The van der Waals surface area contributed by atoms with E-state index in [9.17, 15) is 27.0 Å². The maximum absolute atomic E-state index is 11.0. The van der Waals surface area contributed by atoms with Crippen molar-refractivity contribution in [2.45, 2.75) is 9.79 Å². The quantitative estimate of drug-likeness (QED) is 0.340. The normalized spacial score (nSPS) is 12.1. The van der Waals surface area contributed by atoms with Gasteiger partial charge in [0.15, 0.2) is 11.5 Å². The van der Waals surface area contributed by atoms with Crippen LogP contribution in [-0.2, 0) is 20.2 Å². The molecule has 2 aromatic carbocycles. The number of benzene rings is 2. The molecule has 2 rings (SSSR count). The Morgan fingerprint density at radius 3 is 1.86 bits per heavy atom. The maximum atomic E-state index is 11.0. The molecule has 4 N–H and O–H groups in total. The molecule has 0 saturated heterocycles. The van der Waals surface area contributed by atoms with E-state index in [-0.39, 0.29) is 40.3 Å². The first-order valence-electron chi connectivity index (χ1n) is 4.95. The molecule has 0 aliphatic heterocycles. The van der Waals surface area contributed by atoms with Crippen LogP contribution in [0.1, 0.15) is 0 Å². The van der Waals surface area contributed by atoms with Gasteiger partial charge in [-0.15, -0.1) is 0 Å². The first kappa shape index (κ1) is 18.2. The van der Waals surface area contributed by atoms with Crippen LogP contribution < -0.4 is 0 Å². The molecule has 0 radical (unpaired) electrons. The van der Waals surface area contributed by atoms with Crippen LogP contribution in [0.2, 0.25) is 0 Å². The Morgan fingerprint density at radius 2 is 1.38 bits per heavy atom. The van der Waals surface area contributed by atoms with Gasteiger partial charge in [-0.2, -0.15) is 16.8 Å². The predicted octanol–water partition coefficient (Wildman–Crippen LogP) is 0.0959. The number of phenols is 2. The zero-order valence-electron chi connectivity index (χ0n) is 9.55. The van der Waals surface area contributed by atoms with E-state index in [0.29, 0.717) is 0 Å². The fraction of sp³-hybridized carbons (Fsp3) is 0. The third-order valence-corrected chi connectivity index (χ3v) is 4.31. The first-order valence-corrected chi connectivity index (χ1v) is 7.83. The Bertz CT molecular complexity index is 918. The van der Waals surface area contributed by atoms with Crippen LogP contribution in [0, 0.1) is 0 Å². The van der Waals surface area contributed by atoms with E-state index in [1.54, 1.807) is 0 Å². The van der Waals surface area contributed by atoms with Crippen LogP contribution in [0.4, 0.5) is 0 Å². The third kappa shape index (κ3) is 3.48. The molecule has 11 heteroatoms. The molecule has 8 nitrogen and oxygen atoms in total. The van der Waals surface area contributed by atoms with Gasteiger partial charge < -0.3 is 10.2 Å². The Hall–Kier alpha value is -0.880. The van der Waals surface area contributed by atoms with Gasteiger partial charge in [0.05, 0.1) is 4.90 Å². The number of hydrogen-bond acceptors (Lipinski definition) is 6. The van der Waals surface area contributed by atoms with Gasteiger partial charge in [-0.05, 0) is 29.7 Å². The van der Waals surface area contributed by atoms with Crippen LogP contribution in [0.25, 0.3) is 10.8 Å². The van der Waals surface area contributed by atoms with Gasteiger partial charge in [-0.1, -0.05) is 0 Å². The van der Waals surface area contributed by atoms with Gasteiger partial charge in [0, 0.05) is 5.39 Å². The molecule has 0 bridgehead atoms. The van der Waals surface area contributed by atoms with Crippen LogP contribution >= 0.6 is 0 Å². The summed E-state index contributed by atoms with van der Waals surface area (Å²) in [5.41, 5.74) is 0. The van der Waals surface area contributed by atoms with Crippen molar-refractivity contribution in [3.8, 4) is 11.5 Å².